The number of methoxy groups -OCH3 is 1. The van der Waals surface area contributed by atoms with E-state index in [9.17, 15) is 9.59 Å². The number of ether oxygens (including phenoxy) is 2. The molecule has 29 heavy (non-hydrogen) atoms. The number of para-hydroxylation sites is 1. The van der Waals surface area contributed by atoms with Gasteiger partial charge in [0.1, 0.15) is 0 Å². The zero-order valence-electron chi connectivity index (χ0n) is 16.9. The Hall–Kier alpha value is -3.06. The Balaban J connectivity index is 1.87. The molecule has 0 aliphatic carbocycles. The Morgan fingerprint density at radius 1 is 1.10 bits per heavy atom. The van der Waals surface area contributed by atoms with Gasteiger partial charge in [0.15, 0.2) is 10.6 Å². The minimum Gasteiger partial charge on any atom is -0.491 e. The zero-order valence-corrected chi connectivity index (χ0v) is 17.7. The largest absolute Gasteiger partial charge is 0.491 e. The van der Waals surface area contributed by atoms with E-state index >= 15 is 0 Å². The molecular weight excluding hydrogens is 388 g/mol. The standard InChI is InChI=1S/C22H24N2O4S/c1-13(2)12-28-19-16-11-15(9-10-18(16)29-20(19)21(25)27-4)23-22(26)24-17-8-6-5-7-14(17)3/h5-11,13H,12H2,1-4H3,(H2,23,24,26). The molecule has 0 atom stereocenters. The summed E-state index contributed by atoms with van der Waals surface area (Å²) < 4.78 is 11.7. The summed E-state index contributed by atoms with van der Waals surface area (Å²) in [5.74, 6) is 0.363. The number of carbonyl (C=O) groups is 2. The van der Waals surface area contributed by atoms with E-state index in [-0.39, 0.29) is 6.03 Å². The number of urea groups is 1. The van der Waals surface area contributed by atoms with Crippen LogP contribution in [0.1, 0.15) is 29.1 Å². The molecule has 2 amide bonds. The summed E-state index contributed by atoms with van der Waals surface area (Å²) in [6.45, 7) is 6.48. The molecule has 0 fully saturated rings. The molecule has 1 aromatic heterocycles. The number of hydrogen-bond donors (Lipinski definition) is 2. The molecule has 3 aromatic rings. The van der Waals surface area contributed by atoms with Crippen LogP contribution in [0.25, 0.3) is 10.1 Å². The first-order valence-electron chi connectivity index (χ1n) is 9.30. The highest BCUT2D eigenvalue weighted by molar-refractivity contribution is 7.21. The molecule has 152 valence electrons. The third-order valence-corrected chi connectivity index (χ3v) is 5.36. The van der Waals surface area contributed by atoms with Crippen LogP contribution in [0.2, 0.25) is 0 Å². The van der Waals surface area contributed by atoms with Crippen LogP contribution in [-0.2, 0) is 4.74 Å². The molecule has 7 heteroatoms. The summed E-state index contributed by atoms with van der Waals surface area (Å²) in [6, 6.07) is 12.7. The Morgan fingerprint density at radius 2 is 1.86 bits per heavy atom. The fourth-order valence-electron chi connectivity index (χ4n) is 2.77. The van der Waals surface area contributed by atoms with Crippen LogP contribution in [0, 0.1) is 12.8 Å². The van der Waals surface area contributed by atoms with Gasteiger partial charge in [0.05, 0.1) is 13.7 Å². The number of benzene rings is 2. The van der Waals surface area contributed by atoms with Crippen LogP contribution in [0.4, 0.5) is 16.2 Å². The average Bonchev–Trinajstić information content (AvgIpc) is 3.05. The number of nitrogens with one attached hydrogen (secondary N) is 2. The second-order valence-corrected chi connectivity index (χ2v) is 8.11. The first-order chi connectivity index (χ1) is 13.9. The third kappa shape index (κ3) is 4.86. The summed E-state index contributed by atoms with van der Waals surface area (Å²) in [6.07, 6.45) is 0. The number of anilines is 2. The van der Waals surface area contributed by atoms with Crippen molar-refractivity contribution in [2.75, 3.05) is 24.4 Å². The van der Waals surface area contributed by atoms with Crippen LogP contribution in [-0.4, -0.2) is 25.7 Å². The minimum absolute atomic E-state index is 0.302. The molecule has 0 aliphatic rings. The molecule has 0 saturated heterocycles. The van der Waals surface area contributed by atoms with E-state index in [0.717, 1.165) is 21.3 Å². The van der Waals surface area contributed by atoms with Gasteiger partial charge in [-0.1, -0.05) is 32.0 Å². The van der Waals surface area contributed by atoms with Crippen LogP contribution < -0.4 is 15.4 Å². The lowest BCUT2D eigenvalue weighted by atomic mass is 10.2. The van der Waals surface area contributed by atoms with Gasteiger partial charge in [0.2, 0.25) is 0 Å². The second-order valence-electron chi connectivity index (χ2n) is 7.06. The molecule has 2 aromatic carbocycles. The summed E-state index contributed by atoms with van der Waals surface area (Å²) in [5.41, 5.74) is 2.32. The predicted molar refractivity (Wildman–Crippen MR) is 117 cm³/mol. The molecule has 2 N–H and O–H groups in total. The van der Waals surface area contributed by atoms with Crippen molar-refractivity contribution < 1.29 is 19.1 Å². The Labute approximate surface area is 173 Å². The van der Waals surface area contributed by atoms with E-state index in [1.165, 1.54) is 18.4 Å². The van der Waals surface area contributed by atoms with Crippen molar-refractivity contribution in [1.29, 1.82) is 0 Å². The first-order valence-corrected chi connectivity index (χ1v) is 10.1. The number of carbonyl (C=O) groups excluding carboxylic acids is 2. The molecule has 0 unspecified atom stereocenters. The number of amides is 2. The lowest BCUT2D eigenvalue weighted by molar-refractivity contribution is 0.0601. The van der Waals surface area contributed by atoms with Crippen LogP contribution in [0.5, 0.6) is 5.75 Å². The number of aryl methyl sites for hydroxylation is 1. The number of rotatable bonds is 6. The van der Waals surface area contributed by atoms with Crippen molar-refractivity contribution in [3.05, 3.63) is 52.9 Å². The zero-order chi connectivity index (χ0) is 21.0. The second kappa shape index (κ2) is 8.96. The normalized spacial score (nSPS) is 10.8. The molecule has 0 bridgehead atoms. The summed E-state index contributed by atoms with van der Waals surface area (Å²) >= 11 is 1.31. The lowest BCUT2D eigenvalue weighted by Crippen LogP contribution is -2.19. The SMILES string of the molecule is COC(=O)c1sc2ccc(NC(=O)Nc3ccccc3C)cc2c1OCC(C)C. The quantitative estimate of drug-likeness (QED) is 0.511. The van der Waals surface area contributed by atoms with Crippen molar-refractivity contribution in [1.82, 2.24) is 0 Å². The summed E-state index contributed by atoms with van der Waals surface area (Å²) in [5, 5.41) is 6.45. The molecule has 0 aliphatic heterocycles. The highest BCUT2D eigenvalue weighted by Gasteiger charge is 2.21. The Morgan fingerprint density at radius 3 is 2.55 bits per heavy atom. The minimum atomic E-state index is -0.434. The van der Waals surface area contributed by atoms with E-state index in [0.29, 0.717) is 28.8 Å². The van der Waals surface area contributed by atoms with Crippen LogP contribution >= 0.6 is 11.3 Å². The Bertz CT molecular complexity index is 1040. The van der Waals surface area contributed by atoms with E-state index in [1.807, 2.05) is 57.2 Å². The van der Waals surface area contributed by atoms with E-state index in [4.69, 9.17) is 9.47 Å². The van der Waals surface area contributed by atoms with Crippen molar-refractivity contribution in [3.8, 4) is 5.75 Å². The number of esters is 1. The maximum absolute atomic E-state index is 12.4. The molecule has 0 saturated carbocycles. The van der Waals surface area contributed by atoms with Gasteiger partial charge >= 0.3 is 12.0 Å². The van der Waals surface area contributed by atoms with Gasteiger partial charge in [-0.2, -0.15) is 0 Å². The average molecular weight is 413 g/mol. The highest BCUT2D eigenvalue weighted by atomic mass is 32.1. The van der Waals surface area contributed by atoms with E-state index < -0.39 is 5.97 Å². The monoisotopic (exact) mass is 412 g/mol. The van der Waals surface area contributed by atoms with Gasteiger partial charge in [-0.05, 0) is 42.7 Å². The lowest BCUT2D eigenvalue weighted by Gasteiger charge is -2.11. The van der Waals surface area contributed by atoms with Crippen molar-refractivity contribution >= 4 is 44.8 Å². The smallest absolute Gasteiger partial charge is 0.351 e. The summed E-state index contributed by atoms with van der Waals surface area (Å²) in [4.78, 5) is 25.0. The fourth-order valence-corrected chi connectivity index (χ4v) is 3.82. The topological polar surface area (TPSA) is 76.7 Å². The van der Waals surface area contributed by atoms with Crippen LogP contribution in [0.15, 0.2) is 42.5 Å². The Kier molecular flexibility index (Phi) is 6.39. The molecule has 1 heterocycles. The third-order valence-electron chi connectivity index (χ3n) is 4.23. The first kappa shape index (κ1) is 20.7. The van der Waals surface area contributed by atoms with E-state index in [1.54, 1.807) is 6.07 Å². The number of fused-ring (bicyclic) bond motifs is 1. The molecule has 6 nitrogen and oxygen atoms in total. The highest BCUT2D eigenvalue weighted by Crippen LogP contribution is 2.40. The maximum atomic E-state index is 12.4. The molecule has 3 rings (SSSR count). The maximum Gasteiger partial charge on any atom is 0.351 e. The van der Waals surface area contributed by atoms with Gasteiger partial charge in [-0.15, -0.1) is 11.3 Å². The van der Waals surface area contributed by atoms with Crippen molar-refractivity contribution in [2.45, 2.75) is 20.8 Å². The van der Waals surface area contributed by atoms with Gasteiger partial charge in [0, 0.05) is 21.5 Å². The predicted octanol–water partition coefficient (Wildman–Crippen LogP) is 5.68. The molecular formula is C22H24N2O4S. The van der Waals surface area contributed by atoms with Gasteiger partial charge < -0.3 is 20.1 Å². The number of hydrogen-bond acceptors (Lipinski definition) is 5. The van der Waals surface area contributed by atoms with Gasteiger partial charge in [-0.25, -0.2) is 9.59 Å². The fraction of sp³-hybridized carbons (Fsp3) is 0.273. The van der Waals surface area contributed by atoms with Crippen LogP contribution in [0.3, 0.4) is 0 Å². The summed E-state index contributed by atoms with van der Waals surface area (Å²) in [7, 11) is 1.35. The van der Waals surface area contributed by atoms with Gasteiger partial charge in [-0.3, -0.25) is 0 Å². The molecule has 0 radical (unpaired) electrons. The van der Waals surface area contributed by atoms with E-state index in [2.05, 4.69) is 10.6 Å². The molecule has 0 spiro atoms. The van der Waals surface area contributed by atoms with Crippen molar-refractivity contribution in [3.63, 3.8) is 0 Å². The van der Waals surface area contributed by atoms with Gasteiger partial charge in [0.25, 0.3) is 0 Å². The van der Waals surface area contributed by atoms with Crippen molar-refractivity contribution in [2.24, 2.45) is 5.92 Å². The number of thiophene rings is 1.